The third-order valence-electron chi connectivity index (χ3n) is 1.69. The number of rotatable bonds is 3. The minimum Gasteiger partial charge on any atom is -0.397 e. The first-order valence-corrected chi connectivity index (χ1v) is 7.20. The maximum absolute atomic E-state index is 12.1. The first-order valence-electron chi connectivity index (χ1n) is 4.10. The van der Waals surface area contributed by atoms with E-state index in [4.69, 9.17) is 10.7 Å². The van der Waals surface area contributed by atoms with Crippen molar-refractivity contribution in [3.8, 4) is 5.75 Å². The fourth-order valence-electron chi connectivity index (χ4n) is 1.05. The molecular formula is C7H2BrClF3NO5S. The molecule has 0 aliphatic carbocycles. The SMILES string of the molecule is O=[N+]([O-])c1cc(S(=O)(=O)Cl)cc(Br)c1OC(F)(F)F. The molecule has 0 spiro atoms. The first kappa shape index (κ1) is 16.0. The Kier molecular flexibility index (Phi) is 4.32. The van der Waals surface area contributed by atoms with E-state index in [1.807, 2.05) is 0 Å². The lowest BCUT2D eigenvalue weighted by molar-refractivity contribution is -0.389. The van der Waals surface area contributed by atoms with Crippen molar-refractivity contribution in [3.05, 3.63) is 26.7 Å². The number of alkyl halides is 3. The van der Waals surface area contributed by atoms with Gasteiger partial charge >= 0.3 is 12.0 Å². The lowest BCUT2D eigenvalue weighted by atomic mass is 10.3. The van der Waals surface area contributed by atoms with Gasteiger partial charge in [0.1, 0.15) is 0 Å². The predicted molar refractivity (Wildman–Crippen MR) is 60.5 cm³/mol. The Bertz CT molecular complexity index is 632. The Morgan fingerprint density at radius 1 is 1.37 bits per heavy atom. The van der Waals surface area contributed by atoms with Crippen LogP contribution < -0.4 is 4.74 Å². The molecule has 0 saturated heterocycles. The van der Waals surface area contributed by atoms with Gasteiger partial charge in [-0.3, -0.25) is 10.1 Å². The lowest BCUT2D eigenvalue weighted by Gasteiger charge is -2.11. The van der Waals surface area contributed by atoms with Crippen molar-refractivity contribution in [3.63, 3.8) is 0 Å². The van der Waals surface area contributed by atoms with Gasteiger partial charge in [0.25, 0.3) is 9.05 Å². The van der Waals surface area contributed by atoms with Gasteiger partial charge in [-0.25, -0.2) is 8.42 Å². The zero-order valence-corrected chi connectivity index (χ0v) is 11.6. The maximum atomic E-state index is 12.1. The van der Waals surface area contributed by atoms with Gasteiger partial charge in [-0.2, -0.15) is 0 Å². The quantitative estimate of drug-likeness (QED) is 0.454. The molecule has 6 nitrogen and oxygen atoms in total. The van der Waals surface area contributed by atoms with Crippen LogP contribution in [-0.2, 0) is 9.05 Å². The average molecular weight is 385 g/mol. The summed E-state index contributed by atoms with van der Waals surface area (Å²) < 4.78 is 61.2. The van der Waals surface area contributed by atoms with Gasteiger partial charge in [0.2, 0.25) is 5.75 Å². The molecule has 0 aliphatic heterocycles. The van der Waals surface area contributed by atoms with E-state index in [0.717, 1.165) is 0 Å². The summed E-state index contributed by atoms with van der Waals surface area (Å²) in [6.45, 7) is 0. The maximum Gasteiger partial charge on any atom is 0.573 e. The molecule has 1 aromatic carbocycles. The molecule has 106 valence electrons. The van der Waals surface area contributed by atoms with E-state index in [9.17, 15) is 31.7 Å². The highest BCUT2D eigenvalue weighted by Crippen LogP contribution is 2.40. The molecule has 0 atom stereocenters. The van der Waals surface area contributed by atoms with Crippen LogP contribution in [0.25, 0.3) is 0 Å². The molecule has 0 saturated carbocycles. The highest BCUT2D eigenvalue weighted by molar-refractivity contribution is 9.10. The van der Waals surface area contributed by atoms with Crippen LogP contribution in [0.2, 0.25) is 0 Å². The van der Waals surface area contributed by atoms with Crippen LogP contribution in [0.1, 0.15) is 0 Å². The van der Waals surface area contributed by atoms with Gasteiger partial charge in [0, 0.05) is 16.7 Å². The van der Waals surface area contributed by atoms with E-state index >= 15 is 0 Å². The van der Waals surface area contributed by atoms with E-state index < -0.39 is 41.1 Å². The van der Waals surface area contributed by atoms with Crippen molar-refractivity contribution in [1.29, 1.82) is 0 Å². The molecule has 1 aromatic rings. The minimum atomic E-state index is -5.17. The average Bonchev–Trinajstić information content (AvgIpc) is 2.16. The molecule has 0 fully saturated rings. The number of halogens is 5. The van der Waals surface area contributed by atoms with Gasteiger partial charge in [-0.1, -0.05) is 0 Å². The summed E-state index contributed by atoms with van der Waals surface area (Å²) >= 11 is 2.56. The third kappa shape index (κ3) is 4.21. The molecule has 0 heterocycles. The standard InChI is InChI=1S/C7H2BrClF3NO5S/c8-4-1-3(19(9,16)17)2-5(13(14)15)6(4)18-7(10,11)12/h1-2H. The van der Waals surface area contributed by atoms with E-state index in [1.54, 1.807) is 0 Å². The number of hydrogen-bond acceptors (Lipinski definition) is 5. The molecule has 0 aliphatic rings. The van der Waals surface area contributed by atoms with Crippen LogP contribution in [0.5, 0.6) is 5.75 Å². The molecule has 0 bridgehead atoms. The molecule has 1 rings (SSSR count). The topological polar surface area (TPSA) is 86.5 Å². The van der Waals surface area contributed by atoms with Crippen molar-refractivity contribution in [2.75, 3.05) is 0 Å². The number of hydrogen-bond donors (Lipinski definition) is 0. The zero-order chi connectivity index (χ0) is 15.0. The first-order chi connectivity index (χ1) is 8.42. The monoisotopic (exact) mass is 383 g/mol. The molecule has 0 radical (unpaired) electrons. The summed E-state index contributed by atoms with van der Waals surface area (Å²) in [6, 6.07) is 1.03. The summed E-state index contributed by atoms with van der Waals surface area (Å²) in [5.41, 5.74) is -1.19. The van der Waals surface area contributed by atoms with Crippen molar-refractivity contribution < 1.29 is 31.2 Å². The van der Waals surface area contributed by atoms with E-state index in [1.165, 1.54) is 0 Å². The fraction of sp³-hybridized carbons (Fsp3) is 0.143. The molecule has 0 N–H and O–H groups in total. The summed E-state index contributed by atoms with van der Waals surface area (Å²) in [7, 11) is 0.618. The van der Waals surface area contributed by atoms with Gasteiger partial charge in [0.05, 0.1) is 14.3 Å². The Morgan fingerprint density at radius 3 is 2.26 bits per heavy atom. The number of ether oxygens (including phenoxy) is 1. The van der Waals surface area contributed by atoms with Crippen molar-refractivity contribution in [2.24, 2.45) is 0 Å². The van der Waals surface area contributed by atoms with Crippen LogP contribution in [0.4, 0.5) is 18.9 Å². The van der Waals surface area contributed by atoms with Crippen molar-refractivity contribution >= 4 is 41.4 Å². The Labute approximate surface area is 116 Å². The van der Waals surface area contributed by atoms with Crippen molar-refractivity contribution in [1.82, 2.24) is 0 Å². The number of nitro benzene ring substituents is 1. The normalized spacial score (nSPS) is 12.3. The third-order valence-corrected chi connectivity index (χ3v) is 3.62. The predicted octanol–water partition coefficient (Wildman–Crippen LogP) is 3.18. The summed E-state index contributed by atoms with van der Waals surface area (Å²) in [5.74, 6) is -1.17. The van der Waals surface area contributed by atoms with Gasteiger partial charge in [0.15, 0.2) is 0 Å². The van der Waals surface area contributed by atoms with Crippen molar-refractivity contribution in [2.45, 2.75) is 11.3 Å². The Morgan fingerprint density at radius 2 is 1.89 bits per heavy atom. The molecule has 0 unspecified atom stereocenters. The van der Waals surface area contributed by atoms with Crippen LogP contribution in [0, 0.1) is 10.1 Å². The summed E-state index contributed by atoms with van der Waals surface area (Å²) in [4.78, 5) is 8.68. The smallest absolute Gasteiger partial charge is 0.397 e. The molecule has 0 aromatic heterocycles. The van der Waals surface area contributed by atoms with Gasteiger partial charge in [-0.15, -0.1) is 13.2 Å². The molecule has 0 amide bonds. The van der Waals surface area contributed by atoms with Gasteiger partial charge < -0.3 is 4.74 Å². The Hall–Kier alpha value is -1.07. The minimum absolute atomic E-state index is 0.369. The fourth-order valence-corrected chi connectivity index (χ4v) is 2.51. The number of nitro groups is 1. The number of benzene rings is 1. The highest BCUT2D eigenvalue weighted by atomic mass is 79.9. The molecule has 12 heteroatoms. The van der Waals surface area contributed by atoms with E-state index in [2.05, 4.69) is 20.7 Å². The highest BCUT2D eigenvalue weighted by Gasteiger charge is 2.36. The van der Waals surface area contributed by atoms with Crippen LogP contribution >= 0.6 is 26.6 Å². The van der Waals surface area contributed by atoms with Crippen LogP contribution in [0.3, 0.4) is 0 Å². The molecular weight excluding hydrogens is 382 g/mol. The second-order valence-corrected chi connectivity index (χ2v) is 6.42. The second-order valence-electron chi connectivity index (χ2n) is 3.00. The van der Waals surface area contributed by atoms with Gasteiger partial charge in [-0.05, 0) is 22.0 Å². The molecule has 19 heavy (non-hydrogen) atoms. The van der Waals surface area contributed by atoms with E-state index in [0.29, 0.717) is 12.1 Å². The zero-order valence-electron chi connectivity index (χ0n) is 8.44. The largest absolute Gasteiger partial charge is 0.573 e. The summed E-state index contributed by atoms with van der Waals surface area (Å²) in [6.07, 6.45) is -5.17. The number of nitrogens with zero attached hydrogens (tertiary/aromatic N) is 1. The lowest BCUT2D eigenvalue weighted by Crippen LogP contribution is -2.18. The summed E-state index contributed by atoms with van der Waals surface area (Å²) in [5, 5.41) is 10.6. The van der Waals surface area contributed by atoms with Crippen LogP contribution in [-0.4, -0.2) is 19.7 Å². The second kappa shape index (κ2) is 5.13. The van der Waals surface area contributed by atoms with E-state index in [-0.39, 0.29) is 0 Å². The Balaban J connectivity index is 3.53. The van der Waals surface area contributed by atoms with Crippen LogP contribution in [0.15, 0.2) is 21.5 Å².